The van der Waals surface area contributed by atoms with E-state index in [-0.39, 0.29) is 24.5 Å². The fourth-order valence-electron chi connectivity index (χ4n) is 6.29. The topological polar surface area (TPSA) is 75.7 Å². The molecule has 2 fully saturated rings. The molecule has 242 valence electrons. The number of ether oxygens (including phenoxy) is 1. The van der Waals surface area contributed by atoms with E-state index in [1.807, 2.05) is 54.6 Å². The van der Waals surface area contributed by atoms with Crippen LogP contribution in [-0.2, 0) is 33.8 Å². The third kappa shape index (κ3) is 8.65. The molecule has 3 amide bonds. The SMILES string of the molecule is O=C1CC[C@@H](Cc2ccc(-c3ccccc3)cc2)N1.O=C1CC[C@@H](Cc2ccc(-c3ccccc3)cc2)N1C(=O)OCc1ccccc1. The van der Waals surface area contributed by atoms with Crippen LogP contribution in [0.3, 0.4) is 0 Å². The summed E-state index contributed by atoms with van der Waals surface area (Å²) in [6.07, 6.45) is 3.70. The van der Waals surface area contributed by atoms with E-state index < -0.39 is 6.09 Å². The van der Waals surface area contributed by atoms with Gasteiger partial charge in [0, 0.05) is 24.9 Å². The Morgan fingerprint density at radius 2 is 1.08 bits per heavy atom. The van der Waals surface area contributed by atoms with E-state index in [0.29, 0.717) is 31.7 Å². The molecule has 7 rings (SSSR count). The molecule has 0 spiro atoms. The average Bonchev–Trinajstić information content (AvgIpc) is 3.72. The normalized spacial score (nSPS) is 17.0. The lowest BCUT2D eigenvalue weighted by Crippen LogP contribution is -2.40. The largest absolute Gasteiger partial charge is 0.444 e. The van der Waals surface area contributed by atoms with Gasteiger partial charge < -0.3 is 10.1 Å². The number of hydrogen-bond donors (Lipinski definition) is 1. The number of nitrogens with zero attached hydrogens (tertiary/aromatic N) is 1. The molecule has 0 radical (unpaired) electrons. The first-order valence-corrected chi connectivity index (χ1v) is 16.6. The van der Waals surface area contributed by atoms with Crippen molar-refractivity contribution in [2.45, 2.75) is 57.2 Å². The molecular formula is C42H40N2O4. The Hall–Kier alpha value is -5.49. The highest BCUT2D eigenvalue weighted by atomic mass is 16.6. The second kappa shape index (κ2) is 15.9. The Morgan fingerprint density at radius 1 is 0.583 bits per heavy atom. The van der Waals surface area contributed by atoms with Crippen molar-refractivity contribution in [3.63, 3.8) is 0 Å². The van der Waals surface area contributed by atoms with Crippen LogP contribution in [0.4, 0.5) is 4.79 Å². The van der Waals surface area contributed by atoms with Gasteiger partial charge in [-0.15, -0.1) is 0 Å². The summed E-state index contributed by atoms with van der Waals surface area (Å²) in [6, 6.07) is 47.1. The fourth-order valence-corrected chi connectivity index (χ4v) is 6.29. The lowest BCUT2D eigenvalue weighted by Gasteiger charge is -2.22. The number of rotatable bonds is 8. The highest BCUT2D eigenvalue weighted by Gasteiger charge is 2.37. The highest BCUT2D eigenvalue weighted by Crippen LogP contribution is 2.26. The van der Waals surface area contributed by atoms with Gasteiger partial charge in [0.05, 0.1) is 0 Å². The summed E-state index contributed by atoms with van der Waals surface area (Å²) in [5, 5.41) is 3.01. The first-order valence-electron chi connectivity index (χ1n) is 16.6. The Balaban J connectivity index is 0.000000182. The van der Waals surface area contributed by atoms with Gasteiger partial charge >= 0.3 is 6.09 Å². The molecule has 2 aliphatic rings. The van der Waals surface area contributed by atoms with E-state index in [2.05, 4.69) is 90.2 Å². The molecular weight excluding hydrogens is 596 g/mol. The maximum absolute atomic E-state index is 12.6. The summed E-state index contributed by atoms with van der Waals surface area (Å²) >= 11 is 0. The molecule has 2 heterocycles. The van der Waals surface area contributed by atoms with Crippen molar-refractivity contribution in [1.82, 2.24) is 10.2 Å². The minimum absolute atomic E-state index is 0.158. The molecule has 0 saturated carbocycles. The van der Waals surface area contributed by atoms with E-state index in [4.69, 9.17) is 4.74 Å². The first-order chi connectivity index (χ1) is 23.5. The summed E-state index contributed by atoms with van der Waals surface area (Å²) in [5.74, 6) is 0.0277. The number of carbonyl (C=O) groups is 3. The Bertz CT molecular complexity index is 1790. The second-order valence-corrected chi connectivity index (χ2v) is 12.3. The van der Waals surface area contributed by atoms with Crippen molar-refractivity contribution in [1.29, 1.82) is 0 Å². The molecule has 6 heteroatoms. The number of carbonyl (C=O) groups excluding carboxylic acids is 3. The van der Waals surface area contributed by atoms with Crippen LogP contribution in [0, 0.1) is 0 Å². The van der Waals surface area contributed by atoms with Crippen LogP contribution in [0.5, 0.6) is 0 Å². The quantitative estimate of drug-likeness (QED) is 0.186. The van der Waals surface area contributed by atoms with Gasteiger partial charge in [0.25, 0.3) is 0 Å². The van der Waals surface area contributed by atoms with Crippen LogP contribution in [0.2, 0.25) is 0 Å². The average molecular weight is 637 g/mol. The molecule has 1 N–H and O–H groups in total. The molecule has 6 nitrogen and oxygen atoms in total. The van der Waals surface area contributed by atoms with Crippen LogP contribution in [0.1, 0.15) is 42.4 Å². The van der Waals surface area contributed by atoms with Gasteiger partial charge in [0.1, 0.15) is 6.61 Å². The van der Waals surface area contributed by atoms with Crippen LogP contribution in [0.15, 0.2) is 140 Å². The van der Waals surface area contributed by atoms with E-state index in [1.54, 1.807) is 0 Å². The molecule has 0 aliphatic carbocycles. The summed E-state index contributed by atoms with van der Waals surface area (Å²) in [6.45, 7) is 0.169. The zero-order valence-corrected chi connectivity index (χ0v) is 27.0. The zero-order chi connectivity index (χ0) is 33.1. The van der Waals surface area contributed by atoms with Crippen LogP contribution in [0.25, 0.3) is 22.3 Å². The number of imide groups is 1. The predicted molar refractivity (Wildman–Crippen MR) is 189 cm³/mol. The number of benzene rings is 5. The number of amides is 3. The first kappa shape index (κ1) is 32.5. The maximum atomic E-state index is 12.6. The summed E-state index contributed by atoms with van der Waals surface area (Å²) < 4.78 is 5.39. The standard InChI is InChI=1S/C25H23NO3.C17H17NO/c27-24-16-15-23(26(24)25(28)29-18-20-7-3-1-4-8-20)17-19-11-13-22(14-12-19)21-9-5-2-6-10-21;19-17-11-10-16(18-17)12-13-6-8-15(9-7-13)14-4-2-1-3-5-14/h1-14,23H,15-18H2;1-9,16H,10-12H2,(H,18,19)/t23-;16-/m00/s1. The second-order valence-electron chi connectivity index (χ2n) is 12.3. The Kier molecular flexibility index (Phi) is 10.7. The van der Waals surface area contributed by atoms with Gasteiger partial charge in [-0.25, -0.2) is 9.69 Å². The third-order valence-electron chi connectivity index (χ3n) is 8.89. The van der Waals surface area contributed by atoms with Crippen molar-refractivity contribution in [3.8, 4) is 22.3 Å². The molecule has 2 aliphatic heterocycles. The van der Waals surface area contributed by atoms with Gasteiger partial charge in [-0.2, -0.15) is 0 Å². The van der Waals surface area contributed by atoms with Crippen LogP contribution >= 0.6 is 0 Å². The third-order valence-corrected chi connectivity index (χ3v) is 8.89. The fraction of sp³-hybridized carbons (Fsp3) is 0.214. The van der Waals surface area contributed by atoms with Crippen molar-refractivity contribution < 1.29 is 19.1 Å². The maximum Gasteiger partial charge on any atom is 0.417 e. The van der Waals surface area contributed by atoms with Gasteiger partial charge in [-0.05, 0) is 64.6 Å². The van der Waals surface area contributed by atoms with Crippen LogP contribution in [-0.4, -0.2) is 34.9 Å². The molecule has 48 heavy (non-hydrogen) atoms. The minimum Gasteiger partial charge on any atom is -0.444 e. The van der Waals surface area contributed by atoms with Crippen molar-refractivity contribution >= 4 is 17.9 Å². The molecule has 0 unspecified atom stereocenters. The predicted octanol–water partition coefficient (Wildman–Crippen LogP) is 8.40. The molecule has 0 bridgehead atoms. The van der Waals surface area contributed by atoms with Gasteiger partial charge in [0.2, 0.25) is 11.8 Å². The zero-order valence-electron chi connectivity index (χ0n) is 27.0. The minimum atomic E-state index is -0.553. The Morgan fingerprint density at radius 3 is 1.60 bits per heavy atom. The highest BCUT2D eigenvalue weighted by molar-refractivity contribution is 5.94. The number of hydrogen-bond acceptors (Lipinski definition) is 4. The molecule has 5 aromatic rings. The number of likely N-dealkylation sites (tertiary alicyclic amines) is 1. The van der Waals surface area contributed by atoms with E-state index in [9.17, 15) is 14.4 Å². The van der Waals surface area contributed by atoms with Crippen LogP contribution < -0.4 is 5.32 Å². The lowest BCUT2D eigenvalue weighted by molar-refractivity contribution is -0.127. The van der Waals surface area contributed by atoms with Gasteiger partial charge in [-0.1, -0.05) is 140 Å². The van der Waals surface area contributed by atoms with Crippen molar-refractivity contribution in [2.75, 3.05) is 0 Å². The van der Waals surface area contributed by atoms with Gasteiger partial charge in [-0.3, -0.25) is 9.59 Å². The van der Waals surface area contributed by atoms with E-state index in [1.165, 1.54) is 27.2 Å². The summed E-state index contributed by atoms with van der Waals surface area (Å²) in [7, 11) is 0. The molecule has 0 aromatic heterocycles. The smallest absolute Gasteiger partial charge is 0.417 e. The Labute approximate surface area is 282 Å². The lowest BCUT2D eigenvalue weighted by atomic mass is 10.00. The monoisotopic (exact) mass is 636 g/mol. The van der Waals surface area contributed by atoms with E-state index in [0.717, 1.165) is 29.5 Å². The van der Waals surface area contributed by atoms with Crippen molar-refractivity contribution in [3.05, 3.63) is 156 Å². The number of nitrogens with one attached hydrogen (secondary N) is 1. The van der Waals surface area contributed by atoms with Gasteiger partial charge in [0.15, 0.2) is 0 Å². The van der Waals surface area contributed by atoms with Crippen molar-refractivity contribution in [2.24, 2.45) is 0 Å². The van der Waals surface area contributed by atoms with E-state index >= 15 is 0 Å². The molecule has 2 saturated heterocycles. The summed E-state index contributed by atoms with van der Waals surface area (Å²) in [5.41, 5.74) is 8.08. The summed E-state index contributed by atoms with van der Waals surface area (Å²) in [4.78, 5) is 37.3. The molecule has 2 atom stereocenters. The molecule has 5 aromatic carbocycles.